The van der Waals surface area contributed by atoms with Crippen LogP contribution < -0.4 is 0 Å². The second kappa shape index (κ2) is 15.9. The van der Waals surface area contributed by atoms with Gasteiger partial charge in [-0.1, -0.05) is 52.4 Å². The molecule has 0 aliphatic carbocycles. The first-order valence-corrected chi connectivity index (χ1v) is 6.89. The van der Waals surface area contributed by atoms with E-state index in [1.807, 2.05) is 0 Å². The molecule has 4 heteroatoms. The Hall–Kier alpha value is -1.06. The molecule has 0 saturated carbocycles. The van der Waals surface area contributed by atoms with Gasteiger partial charge < -0.3 is 9.84 Å². The van der Waals surface area contributed by atoms with Crippen LogP contribution in [0.3, 0.4) is 0 Å². The molecule has 0 aromatic carbocycles. The average Bonchev–Trinajstić information content (AvgIpc) is 2.33. The number of unbranched alkanes of at least 4 members (excludes halogenated alkanes) is 6. The van der Waals surface area contributed by atoms with E-state index < -0.39 is 5.97 Å². The minimum atomic E-state index is -0.745. The highest BCUT2D eigenvalue weighted by Crippen LogP contribution is 2.06. The van der Waals surface area contributed by atoms with Crippen LogP contribution in [-0.4, -0.2) is 23.7 Å². The quantitative estimate of drug-likeness (QED) is 0.506. The molecule has 108 valence electrons. The van der Waals surface area contributed by atoms with Gasteiger partial charge in [0.05, 0.1) is 6.61 Å². The summed E-state index contributed by atoms with van der Waals surface area (Å²) in [6, 6.07) is 0. The average molecular weight is 260 g/mol. The van der Waals surface area contributed by atoms with Gasteiger partial charge in [-0.3, -0.25) is 9.59 Å². The van der Waals surface area contributed by atoms with Crippen molar-refractivity contribution in [1.82, 2.24) is 0 Å². The van der Waals surface area contributed by atoms with E-state index in [2.05, 4.69) is 6.92 Å². The Labute approximate surface area is 111 Å². The predicted octanol–water partition coefficient (Wildman–Crippen LogP) is 3.78. The topological polar surface area (TPSA) is 63.6 Å². The van der Waals surface area contributed by atoms with Crippen molar-refractivity contribution >= 4 is 11.9 Å². The van der Waals surface area contributed by atoms with Crippen LogP contribution in [-0.2, 0) is 14.3 Å². The Morgan fingerprint density at radius 1 is 0.944 bits per heavy atom. The van der Waals surface area contributed by atoms with Crippen molar-refractivity contribution in [2.24, 2.45) is 0 Å². The van der Waals surface area contributed by atoms with Crippen LogP contribution in [0.5, 0.6) is 0 Å². The number of carboxylic acids is 1. The molecule has 0 bridgehead atoms. The Kier molecular flexibility index (Phi) is 17.1. The summed E-state index contributed by atoms with van der Waals surface area (Å²) < 4.78 is 4.83. The van der Waals surface area contributed by atoms with E-state index in [0.29, 0.717) is 6.61 Å². The molecular formula is C14H28O4. The molecule has 1 N–H and O–H groups in total. The lowest BCUT2D eigenvalue weighted by atomic mass is 10.1. The normalized spacial score (nSPS) is 9.28. The number of hydrogen-bond acceptors (Lipinski definition) is 3. The van der Waals surface area contributed by atoms with Crippen molar-refractivity contribution in [1.29, 1.82) is 0 Å². The third-order valence-corrected chi connectivity index (χ3v) is 2.36. The van der Waals surface area contributed by atoms with Crippen molar-refractivity contribution in [2.75, 3.05) is 6.61 Å². The highest BCUT2D eigenvalue weighted by atomic mass is 16.5. The molecule has 0 aliphatic rings. The third kappa shape index (κ3) is 24.3. The van der Waals surface area contributed by atoms with E-state index in [-0.39, 0.29) is 12.4 Å². The number of hydrogen-bond donors (Lipinski definition) is 1. The number of aliphatic carboxylic acids is 1. The second-order valence-corrected chi connectivity index (χ2v) is 4.21. The summed E-state index contributed by atoms with van der Waals surface area (Å²) in [6.45, 7) is 5.88. The monoisotopic (exact) mass is 260 g/mol. The standard InChI is InChI=1S/C11H22O2.C3H6O2/c1-3-4-5-6-7-8-9-10-13-11(2)12;1-2-3(4)5/h3-10H2,1-2H3;2H2,1H3,(H,4,5). The Balaban J connectivity index is 0. The van der Waals surface area contributed by atoms with E-state index >= 15 is 0 Å². The number of rotatable bonds is 9. The smallest absolute Gasteiger partial charge is 0.303 e. The highest BCUT2D eigenvalue weighted by molar-refractivity contribution is 5.66. The van der Waals surface area contributed by atoms with Crippen LogP contribution in [0.25, 0.3) is 0 Å². The molecule has 0 radical (unpaired) electrons. The molecule has 0 saturated heterocycles. The SMILES string of the molecule is CCC(=O)O.CCCCCCCCCOC(C)=O. The van der Waals surface area contributed by atoms with Gasteiger partial charge in [0.1, 0.15) is 0 Å². The van der Waals surface area contributed by atoms with Gasteiger partial charge >= 0.3 is 11.9 Å². The first-order valence-electron chi connectivity index (χ1n) is 6.89. The zero-order valence-corrected chi connectivity index (χ0v) is 12.0. The number of esters is 1. The zero-order chi connectivity index (χ0) is 14.2. The molecule has 4 nitrogen and oxygen atoms in total. The zero-order valence-electron chi connectivity index (χ0n) is 12.0. The fraction of sp³-hybridized carbons (Fsp3) is 0.857. The molecule has 0 unspecified atom stereocenters. The Bertz CT molecular complexity index is 202. The lowest BCUT2D eigenvalue weighted by Gasteiger charge is -2.01. The van der Waals surface area contributed by atoms with Crippen molar-refractivity contribution in [3.05, 3.63) is 0 Å². The molecule has 0 fully saturated rings. The van der Waals surface area contributed by atoms with Crippen molar-refractivity contribution in [3.63, 3.8) is 0 Å². The second-order valence-electron chi connectivity index (χ2n) is 4.21. The lowest BCUT2D eigenvalue weighted by molar-refractivity contribution is -0.141. The van der Waals surface area contributed by atoms with E-state index in [1.54, 1.807) is 6.92 Å². The predicted molar refractivity (Wildman–Crippen MR) is 72.6 cm³/mol. The maximum absolute atomic E-state index is 10.4. The summed E-state index contributed by atoms with van der Waals surface area (Å²) in [5.74, 6) is -0.906. The van der Waals surface area contributed by atoms with E-state index in [1.165, 1.54) is 45.4 Å². The largest absolute Gasteiger partial charge is 0.481 e. The molecular weight excluding hydrogens is 232 g/mol. The first kappa shape index (κ1) is 19.3. The van der Waals surface area contributed by atoms with Crippen molar-refractivity contribution in [2.45, 2.75) is 72.1 Å². The van der Waals surface area contributed by atoms with Crippen LogP contribution in [0.15, 0.2) is 0 Å². The summed E-state index contributed by atoms with van der Waals surface area (Å²) >= 11 is 0. The lowest BCUT2D eigenvalue weighted by Crippen LogP contribution is -1.99. The molecule has 0 amide bonds. The summed E-state index contributed by atoms with van der Waals surface area (Å²) in [4.78, 5) is 19.8. The number of ether oxygens (including phenoxy) is 1. The number of carbonyl (C=O) groups excluding carboxylic acids is 1. The van der Waals surface area contributed by atoms with E-state index in [0.717, 1.165) is 6.42 Å². The van der Waals surface area contributed by atoms with E-state index in [9.17, 15) is 9.59 Å². The van der Waals surface area contributed by atoms with E-state index in [4.69, 9.17) is 9.84 Å². The molecule has 0 aliphatic heterocycles. The minimum Gasteiger partial charge on any atom is -0.481 e. The van der Waals surface area contributed by atoms with Gasteiger partial charge in [0.25, 0.3) is 0 Å². The van der Waals surface area contributed by atoms with Crippen LogP contribution >= 0.6 is 0 Å². The van der Waals surface area contributed by atoms with Gasteiger partial charge in [-0.25, -0.2) is 0 Å². The minimum absolute atomic E-state index is 0.161. The molecule has 0 rings (SSSR count). The molecule has 0 heterocycles. The fourth-order valence-electron chi connectivity index (χ4n) is 1.28. The van der Waals surface area contributed by atoms with Crippen LogP contribution in [0.1, 0.15) is 72.1 Å². The summed E-state index contributed by atoms with van der Waals surface area (Å²) in [6.07, 6.45) is 9.04. The highest BCUT2D eigenvalue weighted by Gasteiger charge is 1.93. The summed E-state index contributed by atoms with van der Waals surface area (Å²) in [7, 11) is 0. The summed E-state index contributed by atoms with van der Waals surface area (Å²) in [5, 5.41) is 7.72. The van der Waals surface area contributed by atoms with Crippen LogP contribution in [0.2, 0.25) is 0 Å². The molecule has 18 heavy (non-hydrogen) atoms. The van der Waals surface area contributed by atoms with Gasteiger partial charge in [-0.05, 0) is 6.42 Å². The molecule has 0 atom stereocenters. The van der Waals surface area contributed by atoms with Gasteiger partial charge in [0, 0.05) is 13.3 Å². The number of carboxylic acid groups (broad SMARTS) is 1. The molecule has 0 aromatic heterocycles. The van der Waals surface area contributed by atoms with Crippen LogP contribution in [0, 0.1) is 0 Å². The van der Waals surface area contributed by atoms with Crippen molar-refractivity contribution < 1.29 is 19.4 Å². The van der Waals surface area contributed by atoms with Crippen LogP contribution in [0.4, 0.5) is 0 Å². The fourth-order valence-corrected chi connectivity index (χ4v) is 1.28. The maximum atomic E-state index is 10.4. The van der Waals surface area contributed by atoms with Gasteiger partial charge in [0.15, 0.2) is 0 Å². The van der Waals surface area contributed by atoms with Gasteiger partial charge in [-0.15, -0.1) is 0 Å². The Morgan fingerprint density at radius 2 is 1.39 bits per heavy atom. The van der Waals surface area contributed by atoms with Crippen molar-refractivity contribution in [3.8, 4) is 0 Å². The first-order chi connectivity index (χ1) is 8.54. The third-order valence-electron chi connectivity index (χ3n) is 2.36. The molecule has 0 aromatic rings. The molecule has 0 spiro atoms. The maximum Gasteiger partial charge on any atom is 0.303 e. The van der Waals surface area contributed by atoms with Gasteiger partial charge in [-0.2, -0.15) is 0 Å². The Morgan fingerprint density at radius 3 is 1.78 bits per heavy atom. The number of carbonyl (C=O) groups is 2. The summed E-state index contributed by atoms with van der Waals surface area (Å²) in [5.41, 5.74) is 0. The van der Waals surface area contributed by atoms with Gasteiger partial charge in [0.2, 0.25) is 0 Å².